The Bertz CT molecular complexity index is 867. The van der Waals surface area contributed by atoms with Gasteiger partial charge in [-0.25, -0.2) is 0 Å². The lowest BCUT2D eigenvalue weighted by Crippen LogP contribution is -2.23. The lowest BCUT2D eigenvalue weighted by atomic mass is 10.1. The van der Waals surface area contributed by atoms with Crippen LogP contribution in [0.1, 0.15) is 50.7 Å². The second-order valence-electron chi connectivity index (χ2n) is 8.62. The maximum Gasteiger partial charge on any atom is 0.322 e. The van der Waals surface area contributed by atoms with Crippen LogP contribution in [0.2, 0.25) is 0 Å². The number of nitrogens with one attached hydrogen (secondary N) is 2. The van der Waals surface area contributed by atoms with Crippen molar-refractivity contribution in [1.82, 2.24) is 10.6 Å². The molecule has 7 nitrogen and oxygen atoms in total. The summed E-state index contributed by atoms with van der Waals surface area (Å²) < 4.78 is 40.0. The molecule has 0 saturated heterocycles. The molecule has 0 amide bonds. The van der Waals surface area contributed by atoms with Gasteiger partial charge in [-0.15, -0.1) is 0 Å². The number of rotatable bonds is 22. The molecule has 2 N–H and O–H groups in total. The van der Waals surface area contributed by atoms with Crippen LogP contribution < -0.4 is 20.1 Å². The zero-order valence-electron chi connectivity index (χ0n) is 22.4. The molecule has 0 aliphatic heterocycles. The first-order valence-corrected chi connectivity index (χ1v) is 16.3. The summed E-state index contributed by atoms with van der Waals surface area (Å²) in [5.74, 6) is 2.29. The van der Waals surface area contributed by atoms with Crippen molar-refractivity contribution in [3.05, 3.63) is 59.7 Å². The molecular formula is C28H44N2O5S2. The average Bonchev–Trinajstić information content (AvgIpc) is 2.89. The quantitative estimate of drug-likeness (QED) is 0.156. The van der Waals surface area contributed by atoms with Crippen molar-refractivity contribution in [1.29, 1.82) is 0 Å². The Labute approximate surface area is 227 Å². The molecule has 0 aliphatic rings. The molecule has 0 heterocycles. The molecule has 0 radical (unpaired) electrons. The van der Waals surface area contributed by atoms with E-state index in [2.05, 4.69) is 34.9 Å². The van der Waals surface area contributed by atoms with Crippen molar-refractivity contribution < 1.29 is 22.1 Å². The summed E-state index contributed by atoms with van der Waals surface area (Å²) in [7, 11) is -2.69. The summed E-state index contributed by atoms with van der Waals surface area (Å²) in [4.78, 5) is 0. The first kappa shape index (κ1) is 31.4. The van der Waals surface area contributed by atoms with Crippen LogP contribution in [0.4, 0.5) is 0 Å². The van der Waals surface area contributed by atoms with Crippen molar-refractivity contribution in [2.75, 3.05) is 51.8 Å². The van der Waals surface area contributed by atoms with E-state index in [0.717, 1.165) is 73.9 Å². The second kappa shape index (κ2) is 19.3. The van der Waals surface area contributed by atoms with Gasteiger partial charge in [-0.05, 0) is 112 Å². The third-order valence-electron chi connectivity index (χ3n) is 5.62. The van der Waals surface area contributed by atoms with E-state index in [-0.39, 0.29) is 6.61 Å². The minimum absolute atomic E-state index is 0.160. The largest absolute Gasteiger partial charge is 0.494 e. The maximum atomic E-state index is 12.0. The highest BCUT2D eigenvalue weighted by Gasteiger charge is 2.11. The number of ether oxygens (including phenoxy) is 2. The van der Waals surface area contributed by atoms with Gasteiger partial charge in [0, 0.05) is 18.8 Å². The Hall–Kier alpha value is -1.78. The SMILES string of the molecule is CCOc1ccc(CCCCNCCOS(=O)(=O)SCCNCCCCc2ccc(OCC)cc2)cc1. The Morgan fingerprint density at radius 3 is 1.65 bits per heavy atom. The van der Waals surface area contributed by atoms with Crippen LogP contribution in [0.3, 0.4) is 0 Å². The van der Waals surface area contributed by atoms with Gasteiger partial charge in [-0.3, -0.25) is 4.18 Å². The molecule has 0 aromatic heterocycles. The van der Waals surface area contributed by atoms with Crippen LogP contribution in [0, 0.1) is 0 Å². The van der Waals surface area contributed by atoms with Crippen LogP contribution in [0.25, 0.3) is 0 Å². The topological polar surface area (TPSA) is 85.9 Å². The van der Waals surface area contributed by atoms with Crippen LogP contribution in [-0.2, 0) is 26.2 Å². The highest BCUT2D eigenvalue weighted by molar-refractivity contribution is 8.70. The predicted molar refractivity (Wildman–Crippen MR) is 154 cm³/mol. The smallest absolute Gasteiger partial charge is 0.322 e. The van der Waals surface area contributed by atoms with Gasteiger partial charge >= 0.3 is 9.15 Å². The first-order chi connectivity index (χ1) is 18.0. The van der Waals surface area contributed by atoms with E-state index in [0.29, 0.717) is 32.1 Å². The van der Waals surface area contributed by atoms with Crippen LogP contribution >= 0.6 is 10.8 Å². The molecule has 37 heavy (non-hydrogen) atoms. The van der Waals surface area contributed by atoms with Crippen molar-refractivity contribution in [3.63, 3.8) is 0 Å². The van der Waals surface area contributed by atoms with Gasteiger partial charge in [0.2, 0.25) is 0 Å². The molecule has 2 aromatic carbocycles. The molecule has 0 spiro atoms. The summed E-state index contributed by atoms with van der Waals surface area (Å²) in [5, 5.41) is 6.56. The standard InChI is InChI=1S/C28H44N2O5S2/c1-3-33-27-15-11-25(12-16-27)9-5-7-19-29-21-23-35-37(31,32)36-24-22-30-20-8-6-10-26-13-17-28(18-14-26)34-4-2/h11-18,29-30H,3-10,19-24H2,1-2H3. The summed E-state index contributed by atoms with van der Waals surface area (Å²) in [6.07, 6.45) is 6.29. The maximum absolute atomic E-state index is 12.0. The van der Waals surface area contributed by atoms with Gasteiger partial charge in [-0.1, -0.05) is 24.3 Å². The van der Waals surface area contributed by atoms with Crippen molar-refractivity contribution in [2.45, 2.75) is 52.4 Å². The molecule has 0 unspecified atom stereocenters. The van der Waals surface area contributed by atoms with E-state index in [1.807, 2.05) is 38.1 Å². The van der Waals surface area contributed by atoms with E-state index >= 15 is 0 Å². The third kappa shape index (κ3) is 15.3. The van der Waals surface area contributed by atoms with E-state index in [4.69, 9.17) is 13.7 Å². The molecule has 0 bridgehead atoms. The Morgan fingerprint density at radius 1 is 0.676 bits per heavy atom. The fourth-order valence-corrected chi connectivity index (χ4v) is 5.77. The summed E-state index contributed by atoms with van der Waals surface area (Å²) in [6, 6.07) is 16.5. The third-order valence-corrected chi connectivity index (χ3v) is 8.39. The van der Waals surface area contributed by atoms with Crippen LogP contribution in [0.15, 0.2) is 48.5 Å². The number of hydrogen-bond acceptors (Lipinski definition) is 8. The van der Waals surface area contributed by atoms with Crippen LogP contribution in [0.5, 0.6) is 11.5 Å². The summed E-state index contributed by atoms with van der Waals surface area (Å²) >= 11 is 0. The van der Waals surface area contributed by atoms with Gasteiger partial charge in [0.15, 0.2) is 0 Å². The normalized spacial score (nSPS) is 11.5. The van der Waals surface area contributed by atoms with Gasteiger partial charge < -0.3 is 20.1 Å². The van der Waals surface area contributed by atoms with E-state index in [1.54, 1.807) is 0 Å². The van der Waals surface area contributed by atoms with Gasteiger partial charge in [0.05, 0.1) is 19.8 Å². The minimum atomic E-state index is -3.55. The minimum Gasteiger partial charge on any atom is -0.494 e. The molecule has 0 aliphatic carbocycles. The molecule has 2 rings (SSSR count). The van der Waals surface area contributed by atoms with E-state index in [1.165, 1.54) is 11.1 Å². The van der Waals surface area contributed by atoms with Crippen LogP contribution in [-0.4, -0.2) is 60.2 Å². The van der Waals surface area contributed by atoms with E-state index < -0.39 is 9.15 Å². The number of unbranched alkanes of at least 4 members (excludes halogenated alkanes) is 2. The molecule has 2 aromatic rings. The highest BCUT2D eigenvalue weighted by atomic mass is 33.1. The van der Waals surface area contributed by atoms with Crippen molar-refractivity contribution in [2.24, 2.45) is 0 Å². The molecule has 9 heteroatoms. The predicted octanol–water partition coefficient (Wildman–Crippen LogP) is 5.00. The molecule has 0 fully saturated rings. The Morgan fingerprint density at radius 2 is 1.16 bits per heavy atom. The zero-order chi connectivity index (χ0) is 26.6. The van der Waals surface area contributed by atoms with Gasteiger partial charge in [0.1, 0.15) is 11.5 Å². The number of benzene rings is 2. The second-order valence-corrected chi connectivity index (χ2v) is 12.2. The fourth-order valence-electron chi connectivity index (χ4n) is 3.71. The Kier molecular flexibility index (Phi) is 16.4. The lowest BCUT2D eigenvalue weighted by molar-refractivity contribution is 0.325. The number of aryl methyl sites for hydroxylation is 2. The molecule has 0 saturated carbocycles. The van der Waals surface area contributed by atoms with Crippen molar-refractivity contribution in [3.8, 4) is 11.5 Å². The fraction of sp³-hybridized carbons (Fsp3) is 0.571. The molecule has 0 atom stereocenters. The van der Waals surface area contributed by atoms with E-state index in [9.17, 15) is 8.42 Å². The summed E-state index contributed by atoms with van der Waals surface area (Å²) in [5.41, 5.74) is 2.61. The summed E-state index contributed by atoms with van der Waals surface area (Å²) in [6.45, 7) is 8.37. The Balaban J connectivity index is 1.39. The molecule has 208 valence electrons. The van der Waals surface area contributed by atoms with Gasteiger partial charge in [-0.2, -0.15) is 8.42 Å². The van der Waals surface area contributed by atoms with Gasteiger partial charge in [0.25, 0.3) is 0 Å². The lowest BCUT2D eigenvalue weighted by Gasteiger charge is -2.08. The van der Waals surface area contributed by atoms with Crippen molar-refractivity contribution >= 4 is 19.9 Å². The first-order valence-electron chi connectivity index (χ1n) is 13.4. The molecular weight excluding hydrogens is 508 g/mol. The zero-order valence-corrected chi connectivity index (χ0v) is 24.0. The average molecular weight is 553 g/mol. The highest BCUT2D eigenvalue weighted by Crippen LogP contribution is 2.15. The number of hydrogen-bond donors (Lipinski definition) is 2. The monoisotopic (exact) mass is 552 g/mol.